The third-order valence-electron chi connectivity index (χ3n) is 1.97. The second-order valence-electron chi connectivity index (χ2n) is 2.94. The molecule has 5 heteroatoms. The summed E-state index contributed by atoms with van der Waals surface area (Å²) in [6.45, 7) is 4.67. The third kappa shape index (κ3) is 2.94. The minimum atomic E-state index is -0.223. The van der Waals surface area contributed by atoms with Crippen LogP contribution in [0.2, 0.25) is 0 Å². The molecule has 1 aromatic rings. The Labute approximate surface area is 88.3 Å². The van der Waals surface area contributed by atoms with Crippen LogP contribution in [0.5, 0.6) is 0 Å². The fourth-order valence-corrected chi connectivity index (χ4v) is 1.80. The van der Waals surface area contributed by atoms with E-state index in [2.05, 4.69) is 17.2 Å². The van der Waals surface area contributed by atoms with Gasteiger partial charge in [-0.15, -0.1) is 11.3 Å². The number of nitrogens with zero attached hydrogens (tertiary/aromatic N) is 1. The van der Waals surface area contributed by atoms with Gasteiger partial charge in [0, 0.05) is 19.1 Å². The highest BCUT2D eigenvalue weighted by molar-refractivity contribution is 7.15. The Balaban J connectivity index is 2.45. The lowest BCUT2D eigenvalue weighted by Crippen LogP contribution is -2.23. The van der Waals surface area contributed by atoms with Crippen LogP contribution in [0.15, 0.2) is 0 Å². The van der Waals surface area contributed by atoms with E-state index in [1.54, 1.807) is 25.6 Å². The molecule has 1 N–H and O–H groups in total. The lowest BCUT2D eigenvalue weighted by Gasteiger charge is -2.12. The molecule has 0 aliphatic heterocycles. The second-order valence-corrected chi connectivity index (χ2v) is 4.15. The van der Waals surface area contributed by atoms with E-state index in [-0.39, 0.29) is 6.29 Å². The molecule has 0 aliphatic carbocycles. The van der Waals surface area contributed by atoms with Crippen LogP contribution in [0.1, 0.15) is 10.6 Å². The van der Waals surface area contributed by atoms with Crippen LogP contribution in [-0.4, -0.2) is 32.0 Å². The standard InChI is InChI=1S/C9H16N2O2S/c1-6-7(2)14-9(11-6)10-5-8(12-3)13-4/h8H,5H2,1-4H3,(H,10,11). The number of hydrogen-bond donors (Lipinski definition) is 1. The quantitative estimate of drug-likeness (QED) is 0.762. The SMILES string of the molecule is COC(CNc1nc(C)c(C)s1)OC. The van der Waals surface area contributed by atoms with Gasteiger partial charge in [-0.1, -0.05) is 0 Å². The third-order valence-corrected chi connectivity index (χ3v) is 3.00. The molecule has 0 aliphatic rings. The first-order valence-corrected chi connectivity index (χ1v) is 5.22. The summed E-state index contributed by atoms with van der Waals surface area (Å²) >= 11 is 1.64. The number of methoxy groups -OCH3 is 2. The summed E-state index contributed by atoms with van der Waals surface area (Å²) in [4.78, 5) is 5.58. The molecule has 1 heterocycles. The molecule has 1 rings (SSSR count). The highest BCUT2D eigenvalue weighted by atomic mass is 32.1. The molecule has 14 heavy (non-hydrogen) atoms. The van der Waals surface area contributed by atoms with Gasteiger partial charge in [0.1, 0.15) is 0 Å². The average Bonchev–Trinajstić information content (AvgIpc) is 2.48. The molecule has 0 atom stereocenters. The summed E-state index contributed by atoms with van der Waals surface area (Å²) in [6.07, 6.45) is -0.223. The zero-order valence-corrected chi connectivity index (χ0v) is 9.77. The summed E-state index contributed by atoms with van der Waals surface area (Å²) in [6, 6.07) is 0. The number of nitrogens with one attached hydrogen (secondary N) is 1. The molecule has 0 radical (unpaired) electrons. The van der Waals surface area contributed by atoms with Gasteiger partial charge in [-0.3, -0.25) is 0 Å². The number of hydrogen-bond acceptors (Lipinski definition) is 5. The van der Waals surface area contributed by atoms with E-state index in [0.29, 0.717) is 6.54 Å². The Hall–Kier alpha value is -0.650. The van der Waals surface area contributed by atoms with Gasteiger partial charge in [-0.05, 0) is 13.8 Å². The van der Waals surface area contributed by atoms with Crippen molar-refractivity contribution in [2.75, 3.05) is 26.1 Å². The van der Waals surface area contributed by atoms with Crippen LogP contribution in [0.4, 0.5) is 5.13 Å². The van der Waals surface area contributed by atoms with Crippen molar-refractivity contribution in [1.82, 2.24) is 4.98 Å². The van der Waals surface area contributed by atoms with Crippen LogP contribution >= 0.6 is 11.3 Å². The fraction of sp³-hybridized carbons (Fsp3) is 0.667. The van der Waals surface area contributed by atoms with Crippen molar-refractivity contribution in [3.63, 3.8) is 0 Å². The topological polar surface area (TPSA) is 43.4 Å². The molecule has 0 bridgehead atoms. The minimum absolute atomic E-state index is 0.223. The summed E-state index contributed by atoms with van der Waals surface area (Å²) in [5, 5.41) is 4.08. The van der Waals surface area contributed by atoms with Gasteiger partial charge in [0.25, 0.3) is 0 Å². The van der Waals surface area contributed by atoms with Crippen molar-refractivity contribution < 1.29 is 9.47 Å². The number of thiazole rings is 1. The minimum Gasteiger partial charge on any atom is -0.356 e. The summed E-state index contributed by atoms with van der Waals surface area (Å²) in [7, 11) is 3.24. The molecule has 0 saturated carbocycles. The van der Waals surface area contributed by atoms with Gasteiger partial charge in [0.15, 0.2) is 11.4 Å². The maximum absolute atomic E-state index is 5.05. The smallest absolute Gasteiger partial charge is 0.183 e. The van der Waals surface area contributed by atoms with Crippen molar-refractivity contribution in [1.29, 1.82) is 0 Å². The molecule has 0 saturated heterocycles. The molecular formula is C9H16N2O2S. The first-order chi connectivity index (χ1) is 6.67. The first-order valence-electron chi connectivity index (χ1n) is 4.41. The first kappa shape index (κ1) is 11.4. The van der Waals surface area contributed by atoms with E-state index < -0.39 is 0 Å². The van der Waals surface area contributed by atoms with Crippen molar-refractivity contribution in [3.05, 3.63) is 10.6 Å². The molecular weight excluding hydrogens is 200 g/mol. The van der Waals surface area contributed by atoms with Gasteiger partial charge in [-0.2, -0.15) is 0 Å². The predicted molar refractivity (Wildman–Crippen MR) is 57.9 cm³/mol. The Kier molecular flexibility index (Phi) is 4.31. The number of aryl methyl sites for hydroxylation is 2. The van der Waals surface area contributed by atoms with Gasteiger partial charge in [0.2, 0.25) is 0 Å². The van der Waals surface area contributed by atoms with Gasteiger partial charge < -0.3 is 14.8 Å². The van der Waals surface area contributed by atoms with Crippen molar-refractivity contribution >= 4 is 16.5 Å². The zero-order valence-electron chi connectivity index (χ0n) is 8.96. The van der Waals surface area contributed by atoms with Crippen LogP contribution < -0.4 is 5.32 Å². The maximum Gasteiger partial charge on any atom is 0.183 e. The second kappa shape index (κ2) is 5.29. The average molecular weight is 216 g/mol. The lowest BCUT2D eigenvalue weighted by molar-refractivity contribution is -0.0914. The molecule has 0 fully saturated rings. The molecule has 0 unspecified atom stereocenters. The normalized spacial score (nSPS) is 10.9. The van der Waals surface area contributed by atoms with Crippen LogP contribution in [0, 0.1) is 13.8 Å². The summed E-state index contributed by atoms with van der Waals surface area (Å²) < 4.78 is 10.1. The number of anilines is 1. The van der Waals surface area contributed by atoms with E-state index >= 15 is 0 Å². The molecule has 0 aromatic carbocycles. The van der Waals surface area contributed by atoms with Crippen LogP contribution in [0.3, 0.4) is 0 Å². The fourth-order valence-electron chi connectivity index (χ4n) is 0.982. The molecule has 0 amide bonds. The molecule has 1 aromatic heterocycles. The number of rotatable bonds is 5. The largest absolute Gasteiger partial charge is 0.356 e. The predicted octanol–water partition coefficient (Wildman–Crippen LogP) is 1.79. The Bertz CT molecular complexity index is 265. The molecule has 4 nitrogen and oxygen atoms in total. The number of aromatic nitrogens is 1. The van der Waals surface area contributed by atoms with E-state index in [0.717, 1.165) is 10.8 Å². The van der Waals surface area contributed by atoms with E-state index in [4.69, 9.17) is 9.47 Å². The van der Waals surface area contributed by atoms with Gasteiger partial charge >= 0.3 is 0 Å². The monoisotopic (exact) mass is 216 g/mol. The van der Waals surface area contributed by atoms with Crippen LogP contribution in [0.25, 0.3) is 0 Å². The Morgan fingerprint density at radius 1 is 1.36 bits per heavy atom. The van der Waals surface area contributed by atoms with Crippen molar-refractivity contribution in [3.8, 4) is 0 Å². The van der Waals surface area contributed by atoms with Crippen molar-refractivity contribution in [2.45, 2.75) is 20.1 Å². The zero-order chi connectivity index (χ0) is 10.6. The van der Waals surface area contributed by atoms with Gasteiger partial charge in [-0.25, -0.2) is 4.98 Å². The highest BCUT2D eigenvalue weighted by Gasteiger charge is 2.07. The molecule has 80 valence electrons. The Morgan fingerprint density at radius 2 is 2.00 bits per heavy atom. The Morgan fingerprint density at radius 3 is 2.43 bits per heavy atom. The van der Waals surface area contributed by atoms with Gasteiger partial charge in [0.05, 0.1) is 12.2 Å². The lowest BCUT2D eigenvalue weighted by atomic mass is 10.4. The summed E-state index contributed by atoms with van der Waals surface area (Å²) in [5.74, 6) is 0. The summed E-state index contributed by atoms with van der Waals surface area (Å²) in [5.41, 5.74) is 1.07. The number of ether oxygens (including phenoxy) is 2. The maximum atomic E-state index is 5.05. The van der Waals surface area contributed by atoms with Crippen molar-refractivity contribution in [2.24, 2.45) is 0 Å². The molecule has 0 spiro atoms. The van der Waals surface area contributed by atoms with E-state index in [9.17, 15) is 0 Å². The highest BCUT2D eigenvalue weighted by Crippen LogP contribution is 2.20. The van der Waals surface area contributed by atoms with E-state index in [1.165, 1.54) is 4.88 Å². The van der Waals surface area contributed by atoms with Crippen LogP contribution in [-0.2, 0) is 9.47 Å². The van der Waals surface area contributed by atoms with E-state index in [1.807, 2.05) is 6.92 Å².